The maximum absolute atomic E-state index is 11.6. The molecule has 1 amide bonds. The molecule has 2 aromatic rings. The van der Waals surface area contributed by atoms with Crippen LogP contribution in [0.3, 0.4) is 0 Å². The second kappa shape index (κ2) is 6.24. The van der Waals surface area contributed by atoms with Crippen LogP contribution in [-0.2, 0) is 18.4 Å². The highest BCUT2D eigenvalue weighted by molar-refractivity contribution is 6.32. The van der Waals surface area contributed by atoms with Crippen LogP contribution in [0.2, 0.25) is 5.02 Å². The Morgan fingerprint density at radius 2 is 2.21 bits per heavy atom. The van der Waals surface area contributed by atoms with Crippen LogP contribution in [0, 0.1) is 0 Å². The summed E-state index contributed by atoms with van der Waals surface area (Å²) < 4.78 is 7.00. The van der Waals surface area contributed by atoms with Crippen molar-refractivity contribution < 1.29 is 9.53 Å². The molecular formula is C13H14ClN3O2. The van der Waals surface area contributed by atoms with Gasteiger partial charge in [0.15, 0.2) is 6.61 Å². The van der Waals surface area contributed by atoms with E-state index >= 15 is 0 Å². The van der Waals surface area contributed by atoms with Crippen molar-refractivity contribution in [3.05, 3.63) is 47.2 Å². The highest BCUT2D eigenvalue weighted by Gasteiger charge is 2.06. The number of rotatable bonds is 5. The van der Waals surface area contributed by atoms with E-state index in [1.807, 2.05) is 19.3 Å². The van der Waals surface area contributed by atoms with Crippen LogP contribution < -0.4 is 10.1 Å². The number of aromatic nitrogens is 2. The van der Waals surface area contributed by atoms with Gasteiger partial charge in [-0.2, -0.15) is 5.10 Å². The summed E-state index contributed by atoms with van der Waals surface area (Å²) in [6.07, 6.45) is 1.82. The summed E-state index contributed by atoms with van der Waals surface area (Å²) in [5, 5.41) is 7.36. The summed E-state index contributed by atoms with van der Waals surface area (Å²) in [5.74, 6) is 0.280. The third-order valence-corrected chi connectivity index (χ3v) is 2.74. The molecule has 1 aromatic heterocycles. The fourth-order valence-corrected chi connectivity index (χ4v) is 1.69. The summed E-state index contributed by atoms with van der Waals surface area (Å²) in [7, 11) is 1.83. The molecule has 0 spiro atoms. The number of carbonyl (C=O) groups is 1. The largest absolute Gasteiger partial charge is 0.482 e. The summed E-state index contributed by atoms with van der Waals surface area (Å²) in [4.78, 5) is 11.6. The van der Waals surface area contributed by atoms with Gasteiger partial charge in [-0.25, -0.2) is 0 Å². The minimum Gasteiger partial charge on any atom is -0.482 e. The summed E-state index contributed by atoms with van der Waals surface area (Å²) in [5.41, 5.74) is 0.800. The zero-order valence-corrected chi connectivity index (χ0v) is 11.2. The molecule has 0 atom stereocenters. The molecule has 0 saturated carbocycles. The van der Waals surface area contributed by atoms with E-state index in [4.69, 9.17) is 16.3 Å². The molecule has 1 N–H and O–H groups in total. The lowest BCUT2D eigenvalue weighted by atomic mass is 10.3. The highest BCUT2D eigenvalue weighted by Crippen LogP contribution is 2.22. The molecule has 1 aromatic carbocycles. The van der Waals surface area contributed by atoms with E-state index in [0.29, 0.717) is 17.3 Å². The van der Waals surface area contributed by atoms with Crippen molar-refractivity contribution in [2.45, 2.75) is 6.54 Å². The molecule has 2 rings (SSSR count). The van der Waals surface area contributed by atoms with Gasteiger partial charge >= 0.3 is 0 Å². The monoisotopic (exact) mass is 279 g/mol. The fourth-order valence-electron chi connectivity index (χ4n) is 1.50. The molecule has 0 unspecified atom stereocenters. The molecule has 0 fully saturated rings. The summed E-state index contributed by atoms with van der Waals surface area (Å²) >= 11 is 5.91. The number of carbonyl (C=O) groups excluding carboxylic acids is 1. The van der Waals surface area contributed by atoms with Crippen molar-refractivity contribution in [2.24, 2.45) is 7.05 Å². The fraction of sp³-hybridized carbons (Fsp3) is 0.231. The molecule has 0 radical (unpaired) electrons. The van der Waals surface area contributed by atoms with Crippen molar-refractivity contribution >= 4 is 17.5 Å². The van der Waals surface area contributed by atoms with E-state index < -0.39 is 0 Å². The number of amides is 1. The normalized spacial score (nSPS) is 10.2. The number of nitrogens with one attached hydrogen (secondary N) is 1. The number of hydrogen-bond donors (Lipinski definition) is 1. The van der Waals surface area contributed by atoms with Gasteiger partial charge in [-0.15, -0.1) is 0 Å². The van der Waals surface area contributed by atoms with E-state index in [9.17, 15) is 4.79 Å². The van der Waals surface area contributed by atoms with Crippen LogP contribution >= 0.6 is 11.6 Å². The van der Waals surface area contributed by atoms with E-state index in [2.05, 4.69) is 10.4 Å². The zero-order valence-electron chi connectivity index (χ0n) is 10.5. The second-order valence-electron chi connectivity index (χ2n) is 3.98. The predicted octanol–water partition coefficient (Wildman–Crippen LogP) is 1.77. The lowest BCUT2D eigenvalue weighted by Crippen LogP contribution is -2.28. The van der Waals surface area contributed by atoms with E-state index in [-0.39, 0.29) is 12.5 Å². The number of benzene rings is 1. The van der Waals surface area contributed by atoms with Crippen molar-refractivity contribution in [1.82, 2.24) is 15.1 Å². The van der Waals surface area contributed by atoms with Crippen molar-refractivity contribution in [3.63, 3.8) is 0 Å². The summed E-state index contributed by atoms with van der Waals surface area (Å²) in [6, 6.07) is 8.87. The standard InChI is InChI=1S/C13H14ClN3O2/c1-17-7-6-10(16-17)8-15-13(18)9-19-12-5-3-2-4-11(12)14/h2-7H,8-9H2,1H3,(H,15,18). The quantitative estimate of drug-likeness (QED) is 0.907. The maximum Gasteiger partial charge on any atom is 0.258 e. The van der Waals surface area contributed by atoms with Gasteiger partial charge < -0.3 is 10.1 Å². The molecule has 1 heterocycles. The lowest BCUT2D eigenvalue weighted by molar-refractivity contribution is -0.123. The Balaban J connectivity index is 1.77. The topological polar surface area (TPSA) is 56.2 Å². The van der Waals surface area contributed by atoms with Gasteiger partial charge in [0.25, 0.3) is 5.91 Å². The Bertz CT molecular complexity index is 569. The molecular weight excluding hydrogens is 266 g/mol. The SMILES string of the molecule is Cn1ccc(CNC(=O)COc2ccccc2Cl)n1. The number of ether oxygens (including phenoxy) is 1. The van der Waals surface area contributed by atoms with Gasteiger partial charge in [-0.1, -0.05) is 23.7 Å². The highest BCUT2D eigenvalue weighted by atomic mass is 35.5. The Morgan fingerprint density at radius 1 is 1.42 bits per heavy atom. The van der Waals surface area contributed by atoms with Crippen LogP contribution in [0.5, 0.6) is 5.75 Å². The zero-order chi connectivity index (χ0) is 13.7. The van der Waals surface area contributed by atoms with Crippen LogP contribution in [0.4, 0.5) is 0 Å². The first-order chi connectivity index (χ1) is 9.15. The number of para-hydroxylation sites is 1. The number of hydrogen-bond acceptors (Lipinski definition) is 3. The van der Waals surface area contributed by atoms with Crippen LogP contribution in [0.1, 0.15) is 5.69 Å². The Hall–Kier alpha value is -2.01. The maximum atomic E-state index is 11.6. The molecule has 0 saturated heterocycles. The summed E-state index contributed by atoms with van der Waals surface area (Å²) in [6.45, 7) is 0.308. The third-order valence-electron chi connectivity index (χ3n) is 2.43. The molecule has 100 valence electrons. The van der Waals surface area contributed by atoms with Crippen molar-refractivity contribution in [3.8, 4) is 5.75 Å². The first-order valence-corrected chi connectivity index (χ1v) is 6.15. The molecule has 19 heavy (non-hydrogen) atoms. The van der Waals surface area contributed by atoms with E-state index in [1.165, 1.54) is 0 Å². The molecule has 6 heteroatoms. The van der Waals surface area contributed by atoms with Crippen LogP contribution in [0.15, 0.2) is 36.5 Å². The first-order valence-electron chi connectivity index (χ1n) is 5.77. The van der Waals surface area contributed by atoms with E-state index in [1.54, 1.807) is 28.9 Å². The molecule has 0 bridgehead atoms. The predicted molar refractivity (Wildman–Crippen MR) is 72.0 cm³/mol. The van der Waals surface area contributed by atoms with Gasteiger partial charge in [0.1, 0.15) is 5.75 Å². The van der Waals surface area contributed by atoms with Crippen molar-refractivity contribution in [2.75, 3.05) is 6.61 Å². The van der Waals surface area contributed by atoms with E-state index in [0.717, 1.165) is 5.69 Å². The number of halogens is 1. The Labute approximate surface area is 116 Å². The lowest BCUT2D eigenvalue weighted by Gasteiger charge is -2.07. The average molecular weight is 280 g/mol. The third kappa shape index (κ3) is 3.99. The number of nitrogens with zero attached hydrogens (tertiary/aromatic N) is 2. The van der Waals surface area contributed by atoms with Crippen molar-refractivity contribution in [1.29, 1.82) is 0 Å². The molecule has 0 aliphatic heterocycles. The number of aryl methyl sites for hydroxylation is 1. The Kier molecular flexibility index (Phi) is 4.41. The van der Waals surface area contributed by atoms with Crippen LogP contribution in [0.25, 0.3) is 0 Å². The second-order valence-corrected chi connectivity index (χ2v) is 4.38. The minimum atomic E-state index is -0.217. The van der Waals surface area contributed by atoms with Gasteiger partial charge in [-0.3, -0.25) is 9.48 Å². The van der Waals surface area contributed by atoms with Gasteiger partial charge in [-0.05, 0) is 18.2 Å². The van der Waals surface area contributed by atoms with Gasteiger partial charge in [0, 0.05) is 13.2 Å². The smallest absolute Gasteiger partial charge is 0.258 e. The Morgan fingerprint density at radius 3 is 2.89 bits per heavy atom. The molecule has 5 nitrogen and oxygen atoms in total. The average Bonchev–Trinajstić information content (AvgIpc) is 2.81. The van der Waals surface area contributed by atoms with Gasteiger partial charge in [0.05, 0.1) is 17.3 Å². The molecule has 0 aliphatic rings. The minimum absolute atomic E-state index is 0.0729. The van der Waals surface area contributed by atoms with Crippen LogP contribution in [-0.4, -0.2) is 22.3 Å². The molecule has 0 aliphatic carbocycles. The first kappa shape index (κ1) is 13.4. The van der Waals surface area contributed by atoms with Gasteiger partial charge in [0.2, 0.25) is 0 Å².